The first-order chi connectivity index (χ1) is 9.17. The summed E-state index contributed by atoms with van der Waals surface area (Å²) in [5, 5.41) is 12.2. The lowest BCUT2D eigenvalue weighted by Gasteiger charge is -2.17. The first kappa shape index (κ1) is 15.8. The number of aliphatic imine (C=N–C) groups is 2. The van der Waals surface area contributed by atoms with Gasteiger partial charge in [0.2, 0.25) is 12.2 Å². The van der Waals surface area contributed by atoms with Crippen molar-refractivity contribution in [3.05, 3.63) is 0 Å². The van der Waals surface area contributed by atoms with Crippen molar-refractivity contribution >= 4 is 24.2 Å². The van der Waals surface area contributed by atoms with Crippen LogP contribution < -0.4 is 10.6 Å². The average molecular weight is 268 g/mol. The number of ether oxygens (including phenoxy) is 1. The van der Waals surface area contributed by atoms with E-state index in [0.717, 1.165) is 6.08 Å². The molecule has 11 nitrogen and oxygen atoms in total. The van der Waals surface area contributed by atoms with Gasteiger partial charge in [-0.25, -0.2) is 24.1 Å². The Morgan fingerprint density at radius 3 is 2.37 bits per heavy atom. The van der Waals surface area contributed by atoms with Crippen molar-refractivity contribution in [2.24, 2.45) is 9.98 Å². The molecule has 0 aromatic rings. The smallest absolute Gasteiger partial charge is 0.329 e. The molecule has 0 aromatic heterocycles. The maximum absolute atomic E-state index is 11.5. The molecule has 100 valence electrons. The minimum atomic E-state index is -0.971. The van der Waals surface area contributed by atoms with E-state index in [-0.39, 0.29) is 0 Å². The highest BCUT2D eigenvalue weighted by Gasteiger charge is 2.20. The molecule has 0 bridgehead atoms. The predicted octanol–water partition coefficient (Wildman–Crippen LogP) is -1.25. The van der Waals surface area contributed by atoms with Crippen LogP contribution in [0.15, 0.2) is 9.98 Å². The standard InChI is InChI=1S/C8H8N6O5/c9-1-19-6-13-8(18)14(3-11-5-16)7(17)12-2-10-4-15/h2-3,6H2,(H,12,17)(H,13,18). The number of carbonyl (C=O) groups is 2. The number of imide groups is 1. The second kappa shape index (κ2) is 9.98. The number of urea groups is 2. The van der Waals surface area contributed by atoms with E-state index in [1.165, 1.54) is 12.3 Å². The molecule has 11 heteroatoms. The minimum Gasteiger partial charge on any atom is -0.405 e. The molecule has 0 saturated carbocycles. The van der Waals surface area contributed by atoms with Crippen LogP contribution in [0.3, 0.4) is 0 Å². The second-order valence-electron chi connectivity index (χ2n) is 2.57. The van der Waals surface area contributed by atoms with E-state index in [9.17, 15) is 19.2 Å². The van der Waals surface area contributed by atoms with Gasteiger partial charge in [-0.2, -0.15) is 15.2 Å². The lowest BCUT2D eigenvalue weighted by atomic mass is 10.7. The van der Waals surface area contributed by atoms with Gasteiger partial charge in [-0.3, -0.25) is 0 Å². The number of nitriles is 1. The van der Waals surface area contributed by atoms with Crippen molar-refractivity contribution in [3.8, 4) is 6.26 Å². The summed E-state index contributed by atoms with van der Waals surface area (Å²) in [6, 6.07) is -1.94. The summed E-state index contributed by atoms with van der Waals surface area (Å²) in [4.78, 5) is 49.2. The van der Waals surface area contributed by atoms with Crippen molar-refractivity contribution < 1.29 is 23.9 Å². The molecule has 0 aliphatic heterocycles. The molecular formula is C8H8N6O5. The molecule has 0 aromatic carbocycles. The first-order valence-electron chi connectivity index (χ1n) is 4.58. The van der Waals surface area contributed by atoms with Gasteiger partial charge < -0.3 is 15.4 Å². The average Bonchev–Trinajstić information content (AvgIpc) is 2.40. The van der Waals surface area contributed by atoms with Crippen LogP contribution in [0, 0.1) is 11.5 Å². The fraction of sp³-hybridized carbons (Fsp3) is 0.375. The van der Waals surface area contributed by atoms with Gasteiger partial charge in [-0.05, 0) is 0 Å². The van der Waals surface area contributed by atoms with Crippen LogP contribution in [-0.4, -0.2) is 49.2 Å². The van der Waals surface area contributed by atoms with Crippen LogP contribution in [0.1, 0.15) is 0 Å². The van der Waals surface area contributed by atoms with Gasteiger partial charge in [-0.1, -0.05) is 0 Å². The zero-order chi connectivity index (χ0) is 14.5. The highest BCUT2D eigenvalue weighted by Crippen LogP contribution is 1.92. The van der Waals surface area contributed by atoms with Crippen LogP contribution in [0.4, 0.5) is 9.59 Å². The molecule has 0 heterocycles. The number of hydrogen-bond donors (Lipinski definition) is 2. The highest BCUT2D eigenvalue weighted by molar-refractivity contribution is 5.93. The Labute approximate surface area is 106 Å². The maximum atomic E-state index is 11.5. The third-order valence-electron chi connectivity index (χ3n) is 1.50. The largest absolute Gasteiger partial charge is 0.405 e. The Morgan fingerprint density at radius 1 is 1.16 bits per heavy atom. The number of hydrogen-bond acceptors (Lipinski definition) is 8. The molecule has 4 amide bonds. The Bertz CT molecular complexity index is 459. The van der Waals surface area contributed by atoms with Crippen LogP contribution in [0.2, 0.25) is 0 Å². The van der Waals surface area contributed by atoms with Gasteiger partial charge in [-0.15, -0.1) is 0 Å². The minimum absolute atomic E-state index is 0.397. The van der Waals surface area contributed by atoms with Crippen molar-refractivity contribution in [2.45, 2.75) is 0 Å². The third-order valence-corrected chi connectivity index (χ3v) is 1.50. The van der Waals surface area contributed by atoms with Crippen molar-refractivity contribution in [1.29, 1.82) is 5.26 Å². The van der Waals surface area contributed by atoms with E-state index in [2.05, 4.69) is 20.0 Å². The SMILES string of the molecule is N#COCNC(=O)N(CN=C=O)C(=O)NCN=C=O. The number of rotatable bonds is 6. The van der Waals surface area contributed by atoms with Crippen molar-refractivity contribution in [3.63, 3.8) is 0 Å². The number of nitrogens with one attached hydrogen (secondary N) is 2. The number of carbonyl (C=O) groups excluding carboxylic acids is 4. The lowest BCUT2D eigenvalue weighted by molar-refractivity contribution is 0.174. The zero-order valence-corrected chi connectivity index (χ0v) is 9.45. The monoisotopic (exact) mass is 268 g/mol. The summed E-state index contributed by atoms with van der Waals surface area (Å²) in [5.41, 5.74) is 0. The predicted molar refractivity (Wildman–Crippen MR) is 56.4 cm³/mol. The maximum Gasteiger partial charge on any atom is 0.329 e. The summed E-state index contributed by atoms with van der Waals surface area (Å²) < 4.78 is 4.17. The van der Waals surface area contributed by atoms with E-state index in [0.29, 0.717) is 4.90 Å². The normalized spacial score (nSPS) is 7.95. The number of nitrogens with zero attached hydrogens (tertiary/aromatic N) is 4. The highest BCUT2D eigenvalue weighted by atomic mass is 16.5. The molecular weight excluding hydrogens is 260 g/mol. The van der Waals surface area contributed by atoms with E-state index in [4.69, 9.17) is 5.26 Å². The van der Waals surface area contributed by atoms with E-state index in [1.807, 2.05) is 5.32 Å². The zero-order valence-electron chi connectivity index (χ0n) is 9.45. The van der Waals surface area contributed by atoms with Gasteiger partial charge >= 0.3 is 12.1 Å². The van der Waals surface area contributed by atoms with Gasteiger partial charge in [0.15, 0.2) is 6.73 Å². The molecule has 0 saturated heterocycles. The Hall–Kier alpha value is -3.21. The Kier molecular flexibility index (Phi) is 8.29. The molecule has 0 radical (unpaired) electrons. The number of isocyanates is 2. The van der Waals surface area contributed by atoms with Gasteiger partial charge in [0, 0.05) is 0 Å². The molecule has 0 fully saturated rings. The van der Waals surface area contributed by atoms with Crippen LogP contribution >= 0.6 is 0 Å². The van der Waals surface area contributed by atoms with Crippen molar-refractivity contribution in [1.82, 2.24) is 15.5 Å². The van der Waals surface area contributed by atoms with Crippen LogP contribution in [0.5, 0.6) is 0 Å². The quantitative estimate of drug-likeness (QED) is 0.202. The van der Waals surface area contributed by atoms with Gasteiger partial charge in [0.25, 0.3) is 6.26 Å². The first-order valence-corrected chi connectivity index (χ1v) is 4.58. The molecule has 0 unspecified atom stereocenters. The fourth-order valence-corrected chi connectivity index (χ4v) is 0.781. The summed E-state index contributed by atoms with van der Waals surface area (Å²) in [6.07, 6.45) is 3.62. The molecule has 19 heavy (non-hydrogen) atoms. The summed E-state index contributed by atoms with van der Waals surface area (Å²) >= 11 is 0. The molecule has 2 N–H and O–H groups in total. The fourth-order valence-electron chi connectivity index (χ4n) is 0.781. The summed E-state index contributed by atoms with van der Waals surface area (Å²) in [6.45, 7) is -1.46. The number of amides is 4. The van der Waals surface area contributed by atoms with E-state index in [1.54, 1.807) is 0 Å². The third kappa shape index (κ3) is 6.85. The molecule has 0 aliphatic carbocycles. The van der Waals surface area contributed by atoms with Gasteiger partial charge in [0.05, 0.1) is 0 Å². The Balaban J connectivity index is 4.55. The van der Waals surface area contributed by atoms with Crippen LogP contribution in [-0.2, 0) is 14.3 Å². The second-order valence-corrected chi connectivity index (χ2v) is 2.57. The summed E-state index contributed by atoms with van der Waals surface area (Å²) in [5.74, 6) is 0. The Morgan fingerprint density at radius 2 is 1.79 bits per heavy atom. The molecule has 0 atom stereocenters. The molecule has 0 rings (SSSR count). The van der Waals surface area contributed by atoms with Gasteiger partial charge in [0.1, 0.15) is 13.3 Å². The van der Waals surface area contributed by atoms with E-state index >= 15 is 0 Å². The summed E-state index contributed by atoms with van der Waals surface area (Å²) in [7, 11) is 0. The van der Waals surface area contributed by atoms with Crippen molar-refractivity contribution in [2.75, 3.05) is 20.1 Å². The van der Waals surface area contributed by atoms with Crippen LogP contribution in [0.25, 0.3) is 0 Å². The lowest BCUT2D eigenvalue weighted by Crippen LogP contribution is -2.48. The topological polar surface area (TPSA) is 153 Å². The molecule has 0 spiro atoms. The molecule has 0 aliphatic rings. The van der Waals surface area contributed by atoms with E-state index < -0.39 is 32.1 Å².